The van der Waals surface area contributed by atoms with Crippen LogP contribution in [0, 0.1) is 0 Å². The summed E-state index contributed by atoms with van der Waals surface area (Å²) in [4.78, 5) is 31.5. The van der Waals surface area contributed by atoms with Crippen molar-refractivity contribution in [1.29, 1.82) is 0 Å². The quantitative estimate of drug-likeness (QED) is 0.767. The normalized spacial score (nSPS) is 10.8. The molecule has 1 aromatic carbocycles. The monoisotopic (exact) mass is 328 g/mol. The highest BCUT2D eigenvalue weighted by atomic mass is 32.1. The molecule has 0 atom stereocenters. The molecule has 7 heteroatoms. The molecular weight excluding hydrogens is 312 g/mol. The van der Waals surface area contributed by atoms with Crippen LogP contribution in [-0.2, 0) is 6.54 Å². The Hall–Kier alpha value is -2.51. The summed E-state index contributed by atoms with van der Waals surface area (Å²) in [5, 5.41) is 1.76. The lowest BCUT2D eigenvalue weighted by atomic mass is 10.2. The topological polar surface area (TPSA) is 80.7 Å². The number of carbonyl (C=O) groups excluding carboxylic acids is 1. The van der Waals surface area contributed by atoms with E-state index in [1.807, 2.05) is 30.3 Å². The average Bonchev–Trinajstić information content (AvgIpc) is 3.05. The van der Waals surface area contributed by atoms with E-state index in [1.165, 1.54) is 21.9 Å². The molecule has 0 saturated heterocycles. The fourth-order valence-corrected chi connectivity index (χ4v) is 3.03. The number of thiazole rings is 1. The number of hydrogen-bond donors (Lipinski definition) is 1. The Balaban J connectivity index is 1.93. The van der Waals surface area contributed by atoms with Gasteiger partial charge >= 0.3 is 0 Å². The van der Waals surface area contributed by atoms with Gasteiger partial charge in [0.25, 0.3) is 11.5 Å². The van der Waals surface area contributed by atoms with Gasteiger partial charge < -0.3 is 10.6 Å². The summed E-state index contributed by atoms with van der Waals surface area (Å²) in [5.41, 5.74) is 6.31. The van der Waals surface area contributed by atoms with Crippen LogP contribution < -0.4 is 11.3 Å². The van der Waals surface area contributed by atoms with Gasteiger partial charge in [0.1, 0.15) is 5.56 Å². The van der Waals surface area contributed by atoms with E-state index in [2.05, 4.69) is 4.98 Å². The van der Waals surface area contributed by atoms with Crippen LogP contribution in [0.5, 0.6) is 0 Å². The first-order valence-electron chi connectivity index (χ1n) is 7.19. The van der Waals surface area contributed by atoms with Gasteiger partial charge in [-0.1, -0.05) is 30.3 Å². The first kappa shape index (κ1) is 15.4. The van der Waals surface area contributed by atoms with E-state index in [4.69, 9.17) is 5.73 Å². The van der Waals surface area contributed by atoms with Gasteiger partial charge in [-0.2, -0.15) is 0 Å². The molecule has 2 aromatic heterocycles. The van der Waals surface area contributed by atoms with Gasteiger partial charge in [0, 0.05) is 37.4 Å². The van der Waals surface area contributed by atoms with Crippen molar-refractivity contribution in [3.8, 4) is 0 Å². The number of hydrogen-bond acceptors (Lipinski definition) is 5. The maximum absolute atomic E-state index is 12.7. The second kappa shape index (κ2) is 6.72. The molecule has 0 aliphatic carbocycles. The highest BCUT2D eigenvalue weighted by Gasteiger charge is 2.20. The van der Waals surface area contributed by atoms with Crippen molar-refractivity contribution in [3.63, 3.8) is 0 Å². The summed E-state index contributed by atoms with van der Waals surface area (Å²) in [7, 11) is 0. The molecule has 0 radical (unpaired) electrons. The zero-order valence-electron chi connectivity index (χ0n) is 12.4. The van der Waals surface area contributed by atoms with Gasteiger partial charge in [-0.05, 0) is 5.56 Å². The van der Waals surface area contributed by atoms with E-state index in [0.717, 1.165) is 5.56 Å². The maximum Gasteiger partial charge on any atom is 0.271 e. The first-order chi connectivity index (χ1) is 11.2. The summed E-state index contributed by atoms with van der Waals surface area (Å²) in [6.45, 7) is 1.11. The lowest BCUT2D eigenvalue weighted by molar-refractivity contribution is 0.0746. The molecule has 0 saturated carbocycles. The fourth-order valence-electron chi connectivity index (χ4n) is 2.35. The number of fused-ring (bicyclic) bond motifs is 1. The summed E-state index contributed by atoms with van der Waals surface area (Å²) >= 11 is 1.35. The molecule has 2 heterocycles. The van der Waals surface area contributed by atoms with E-state index in [0.29, 0.717) is 24.6 Å². The molecule has 3 rings (SSSR count). The molecule has 1 amide bonds. The van der Waals surface area contributed by atoms with E-state index in [1.54, 1.807) is 16.5 Å². The Labute approximate surface area is 136 Å². The molecule has 0 aliphatic rings. The summed E-state index contributed by atoms with van der Waals surface area (Å²) in [5.74, 6) is -0.350. The molecule has 23 heavy (non-hydrogen) atoms. The fraction of sp³-hybridized carbons (Fsp3) is 0.188. The zero-order chi connectivity index (χ0) is 16.2. The Kier molecular flexibility index (Phi) is 4.50. The number of amides is 1. The Morgan fingerprint density at radius 3 is 2.83 bits per heavy atom. The van der Waals surface area contributed by atoms with Crippen LogP contribution in [-0.4, -0.2) is 33.3 Å². The SMILES string of the molecule is NCCN(Cc1ccccc1)C(=O)c1cnc2sccn2c1=O. The number of rotatable bonds is 5. The molecule has 6 nitrogen and oxygen atoms in total. The second-order valence-corrected chi connectivity index (χ2v) is 5.91. The van der Waals surface area contributed by atoms with Crippen LogP contribution in [0.25, 0.3) is 4.96 Å². The second-order valence-electron chi connectivity index (χ2n) is 5.03. The van der Waals surface area contributed by atoms with E-state index in [9.17, 15) is 9.59 Å². The van der Waals surface area contributed by atoms with Crippen molar-refractivity contribution < 1.29 is 4.79 Å². The van der Waals surface area contributed by atoms with Crippen molar-refractivity contribution >= 4 is 22.2 Å². The van der Waals surface area contributed by atoms with Gasteiger partial charge in [-0.15, -0.1) is 11.3 Å². The van der Waals surface area contributed by atoms with Crippen LogP contribution in [0.15, 0.2) is 52.9 Å². The number of nitrogens with zero attached hydrogens (tertiary/aromatic N) is 3. The predicted octanol–water partition coefficient (Wildman–Crippen LogP) is 1.36. The Morgan fingerprint density at radius 1 is 1.30 bits per heavy atom. The van der Waals surface area contributed by atoms with E-state index >= 15 is 0 Å². The van der Waals surface area contributed by atoms with Crippen molar-refractivity contribution in [3.05, 3.63) is 69.6 Å². The van der Waals surface area contributed by atoms with Gasteiger partial charge in [0.15, 0.2) is 4.96 Å². The lowest BCUT2D eigenvalue weighted by Gasteiger charge is -2.21. The molecule has 3 aromatic rings. The Bertz CT molecular complexity index is 872. The number of nitrogens with two attached hydrogens (primary N) is 1. The van der Waals surface area contributed by atoms with Crippen molar-refractivity contribution in [1.82, 2.24) is 14.3 Å². The highest BCUT2D eigenvalue weighted by molar-refractivity contribution is 7.15. The highest BCUT2D eigenvalue weighted by Crippen LogP contribution is 2.10. The number of aromatic nitrogens is 2. The summed E-state index contributed by atoms with van der Waals surface area (Å²) in [6, 6.07) is 9.61. The Morgan fingerprint density at radius 2 is 2.09 bits per heavy atom. The predicted molar refractivity (Wildman–Crippen MR) is 89.6 cm³/mol. The van der Waals surface area contributed by atoms with Crippen LogP contribution in [0.2, 0.25) is 0 Å². The van der Waals surface area contributed by atoms with Crippen LogP contribution >= 0.6 is 11.3 Å². The molecule has 118 valence electrons. The summed E-state index contributed by atoms with van der Waals surface area (Å²) in [6.07, 6.45) is 2.97. The molecule has 0 aliphatic heterocycles. The minimum Gasteiger partial charge on any atom is -0.333 e. The molecule has 0 bridgehead atoms. The number of carbonyl (C=O) groups is 1. The minimum atomic E-state index is -0.351. The third-order valence-corrected chi connectivity index (χ3v) is 4.25. The summed E-state index contributed by atoms with van der Waals surface area (Å²) < 4.78 is 1.39. The molecule has 0 unspecified atom stereocenters. The standard InChI is InChI=1S/C16H16N4O2S/c17-6-7-19(11-12-4-2-1-3-5-12)14(21)13-10-18-16-20(15(13)22)8-9-23-16/h1-5,8-10H,6-7,11,17H2. The molecule has 0 spiro atoms. The van der Waals surface area contributed by atoms with Crippen molar-refractivity contribution in [2.24, 2.45) is 5.73 Å². The maximum atomic E-state index is 12.7. The van der Waals surface area contributed by atoms with E-state index < -0.39 is 0 Å². The van der Waals surface area contributed by atoms with Crippen molar-refractivity contribution in [2.75, 3.05) is 13.1 Å². The lowest BCUT2D eigenvalue weighted by Crippen LogP contribution is -2.38. The average molecular weight is 328 g/mol. The van der Waals surface area contributed by atoms with Gasteiger partial charge in [-0.3, -0.25) is 14.0 Å². The van der Waals surface area contributed by atoms with Gasteiger partial charge in [0.05, 0.1) is 0 Å². The number of benzene rings is 1. The molecular formula is C16H16N4O2S. The third kappa shape index (κ3) is 3.15. The van der Waals surface area contributed by atoms with E-state index in [-0.39, 0.29) is 17.0 Å². The zero-order valence-corrected chi connectivity index (χ0v) is 13.2. The smallest absolute Gasteiger partial charge is 0.271 e. The van der Waals surface area contributed by atoms with Crippen LogP contribution in [0.4, 0.5) is 0 Å². The van der Waals surface area contributed by atoms with Crippen LogP contribution in [0.3, 0.4) is 0 Å². The van der Waals surface area contributed by atoms with Crippen molar-refractivity contribution in [2.45, 2.75) is 6.54 Å². The largest absolute Gasteiger partial charge is 0.333 e. The molecule has 2 N–H and O–H groups in total. The molecule has 0 fully saturated rings. The van der Waals surface area contributed by atoms with Crippen LogP contribution in [0.1, 0.15) is 15.9 Å². The first-order valence-corrected chi connectivity index (χ1v) is 8.07. The third-order valence-electron chi connectivity index (χ3n) is 3.48. The van der Waals surface area contributed by atoms with Gasteiger partial charge in [0.2, 0.25) is 0 Å². The van der Waals surface area contributed by atoms with Gasteiger partial charge in [-0.25, -0.2) is 4.98 Å². The minimum absolute atomic E-state index is 0.0604.